The summed E-state index contributed by atoms with van der Waals surface area (Å²) in [5.74, 6) is 0.367. The molecule has 0 radical (unpaired) electrons. The predicted molar refractivity (Wildman–Crippen MR) is 71.7 cm³/mol. The van der Waals surface area contributed by atoms with E-state index in [0.29, 0.717) is 13.1 Å². The van der Waals surface area contributed by atoms with E-state index < -0.39 is 5.60 Å². The first-order valence-electron chi connectivity index (χ1n) is 7.06. The molecule has 0 aromatic rings. The zero-order valence-electron chi connectivity index (χ0n) is 12.3. The van der Waals surface area contributed by atoms with Crippen LogP contribution in [-0.2, 0) is 9.53 Å². The molecule has 2 atom stereocenters. The van der Waals surface area contributed by atoms with Crippen LogP contribution in [0.3, 0.4) is 0 Å². The van der Waals surface area contributed by atoms with Crippen molar-refractivity contribution in [2.45, 2.75) is 52.2 Å². The van der Waals surface area contributed by atoms with Crippen LogP contribution in [0.5, 0.6) is 0 Å². The Morgan fingerprint density at radius 1 is 1.26 bits per heavy atom. The van der Waals surface area contributed by atoms with Crippen molar-refractivity contribution in [1.29, 1.82) is 0 Å². The Morgan fingerprint density at radius 2 is 1.95 bits per heavy atom. The fraction of sp³-hybridized carbons (Fsp3) is 0.857. The van der Waals surface area contributed by atoms with Gasteiger partial charge in [-0.2, -0.15) is 0 Å². The van der Waals surface area contributed by atoms with Gasteiger partial charge in [0, 0.05) is 25.6 Å². The molecule has 0 N–H and O–H groups in total. The van der Waals surface area contributed by atoms with E-state index in [1.54, 1.807) is 4.90 Å². The summed E-state index contributed by atoms with van der Waals surface area (Å²) in [4.78, 5) is 27.6. The van der Waals surface area contributed by atoms with Gasteiger partial charge in [-0.1, -0.05) is 6.92 Å². The van der Waals surface area contributed by atoms with Crippen LogP contribution in [0.1, 0.15) is 40.5 Å². The Bertz CT molecular complexity index is 375. The summed E-state index contributed by atoms with van der Waals surface area (Å²) >= 11 is 0. The number of carbonyl (C=O) groups excluding carboxylic acids is 2. The number of nitrogens with zero attached hydrogens (tertiary/aromatic N) is 2. The molecule has 0 spiro atoms. The molecule has 0 bridgehead atoms. The standard InChI is InChI=1S/C14H24N2O3/c1-10-5-8-16(12(10)17)11-6-7-15(9-11)13(18)19-14(2,3)4/h10-11H,5-9H2,1-4H3/t10?,11-/m1/s1. The molecule has 2 amide bonds. The van der Waals surface area contributed by atoms with Crippen molar-refractivity contribution in [3.8, 4) is 0 Å². The van der Waals surface area contributed by atoms with E-state index in [0.717, 1.165) is 19.4 Å². The lowest BCUT2D eigenvalue weighted by Gasteiger charge is -2.26. The maximum absolute atomic E-state index is 12.0. The Morgan fingerprint density at radius 3 is 2.47 bits per heavy atom. The summed E-state index contributed by atoms with van der Waals surface area (Å²) in [6, 6.07) is 0.171. The molecule has 0 aliphatic carbocycles. The Hall–Kier alpha value is -1.26. The summed E-state index contributed by atoms with van der Waals surface area (Å²) in [5.41, 5.74) is -0.465. The quantitative estimate of drug-likeness (QED) is 0.729. The van der Waals surface area contributed by atoms with E-state index >= 15 is 0 Å². The molecular formula is C14H24N2O3. The van der Waals surface area contributed by atoms with Gasteiger partial charge < -0.3 is 14.5 Å². The second-order valence-electron chi connectivity index (χ2n) is 6.59. The van der Waals surface area contributed by atoms with Crippen LogP contribution >= 0.6 is 0 Å². The number of hydrogen-bond donors (Lipinski definition) is 0. The van der Waals surface area contributed by atoms with Gasteiger partial charge in [-0.25, -0.2) is 4.79 Å². The van der Waals surface area contributed by atoms with Gasteiger partial charge in [-0.05, 0) is 33.6 Å². The molecule has 5 heteroatoms. The number of rotatable bonds is 1. The maximum Gasteiger partial charge on any atom is 0.410 e. The molecule has 5 nitrogen and oxygen atoms in total. The molecule has 108 valence electrons. The van der Waals surface area contributed by atoms with Gasteiger partial charge in [-0.3, -0.25) is 4.79 Å². The monoisotopic (exact) mass is 268 g/mol. The summed E-state index contributed by atoms with van der Waals surface area (Å²) in [6.45, 7) is 9.68. The number of likely N-dealkylation sites (tertiary alicyclic amines) is 2. The van der Waals surface area contributed by atoms with Crippen LogP contribution in [0.15, 0.2) is 0 Å². The second kappa shape index (κ2) is 5.02. The minimum absolute atomic E-state index is 0.135. The average molecular weight is 268 g/mol. The molecular weight excluding hydrogens is 244 g/mol. The molecule has 2 rings (SSSR count). The summed E-state index contributed by atoms with van der Waals surface area (Å²) in [5, 5.41) is 0. The second-order valence-corrected chi connectivity index (χ2v) is 6.59. The minimum Gasteiger partial charge on any atom is -0.444 e. The lowest BCUT2D eigenvalue weighted by Crippen LogP contribution is -2.41. The molecule has 19 heavy (non-hydrogen) atoms. The SMILES string of the molecule is CC1CCN([C@@H]2CCN(C(=O)OC(C)(C)C)C2)C1=O. The largest absolute Gasteiger partial charge is 0.444 e. The number of carbonyl (C=O) groups is 2. The van der Waals surface area contributed by atoms with Crippen LogP contribution < -0.4 is 0 Å². The molecule has 2 fully saturated rings. The molecule has 2 aliphatic rings. The van der Waals surface area contributed by atoms with Gasteiger partial charge in [0.1, 0.15) is 5.60 Å². The van der Waals surface area contributed by atoms with Gasteiger partial charge in [0.15, 0.2) is 0 Å². The molecule has 0 aromatic carbocycles. The molecule has 1 unspecified atom stereocenters. The van der Waals surface area contributed by atoms with Crippen molar-refractivity contribution >= 4 is 12.0 Å². The predicted octanol–water partition coefficient (Wildman–Crippen LogP) is 1.86. The van der Waals surface area contributed by atoms with E-state index in [4.69, 9.17) is 4.74 Å². The van der Waals surface area contributed by atoms with E-state index in [2.05, 4.69) is 0 Å². The first-order valence-corrected chi connectivity index (χ1v) is 7.06. The van der Waals surface area contributed by atoms with Crippen molar-refractivity contribution < 1.29 is 14.3 Å². The first kappa shape index (κ1) is 14.2. The Labute approximate surface area is 114 Å². The van der Waals surface area contributed by atoms with Gasteiger partial charge >= 0.3 is 6.09 Å². The zero-order chi connectivity index (χ0) is 14.2. The van der Waals surface area contributed by atoms with E-state index in [1.165, 1.54) is 0 Å². The third-order valence-electron chi connectivity index (χ3n) is 3.76. The van der Waals surface area contributed by atoms with E-state index in [9.17, 15) is 9.59 Å². The lowest BCUT2D eigenvalue weighted by atomic mass is 10.1. The summed E-state index contributed by atoms with van der Waals surface area (Å²) in [7, 11) is 0. The highest BCUT2D eigenvalue weighted by molar-refractivity contribution is 5.81. The smallest absolute Gasteiger partial charge is 0.410 e. The van der Waals surface area contributed by atoms with Crippen molar-refractivity contribution in [2.75, 3.05) is 19.6 Å². The molecule has 0 saturated carbocycles. The van der Waals surface area contributed by atoms with Crippen molar-refractivity contribution in [3.05, 3.63) is 0 Å². The van der Waals surface area contributed by atoms with Crippen molar-refractivity contribution in [1.82, 2.24) is 9.80 Å². The number of ether oxygens (including phenoxy) is 1. The fourth-order valence-corrected chi connectivity index (χ4v) is 2.70. The average Bonchev–Trinajstić information content (AvgIpc) is 2.85. The highest BCUT2D eigenvalue weighted by atomic mass is 16.6. The number of amides is 2. The maximum atomic E-state index is 12.0. The highest BCUT2D eigenvalue weighted by Crippen LogP contribution is 2.25. The topological polar surface area (TPSA) is 49.9 Å². The normalized spacial score (nSPS) is 28.1. The third-order valence-corrected chi connectivity index (χ3v) is 3.76. The van der Waals surface area contributed by atoms with Crippen molar-refractivity contribution in [2.24, 2.45) is 5.92 Å². The highest BCUT2D eigenvalue weighted by Gasteiger charge is 2.38. The molecule has 2 heterocycles. The zero-order valence-corrected chi connectivity index (χ0v) is 12.3. The van der Waals surface area contributed by atoms with Gasteiger partial charge in [-0.15, -0.1) is 0 Å². The van der Waals surface area contributed by atoms with Gasteiger partial charge in [0.2, 0.25) is 5.91 Å². The summed E-state index contributed by atoms with van der Waals surface area (Å²) in [6.07, 6.45) is 1.52. The van der Waals surface area contributed by atoms with Gasteiger partial charge in [0.05, 0.1) is 6.04 Å². The van der Waals surface area contributed by atoms with Crippen LogP contribution in [0.25, 0.3) is 0 Å². The first-order chi connectivity index (χ1) is 8.78. The van der Waals surface area contributed by atoms with Crippen LogP contribution in [0.4, 0.5) is 4.79 Å². The van der Waals surface area contributed by atoms with Crippen LogP contribution in [0.2, 0.25) is 0 Å². The van der Waals surface area contributed by atoms with E-state index in [1.807, 2.05) is 32.6 Å². The fourth-order valence-electron chi connectivity index (χ4n) is 2.70. The molecule has 0 aromatic heterocycles. The molecule has 2 saturated heterocycles. The Kier molecular flexibility index (Phi) is 3.74. The minimum atomic E-state index is -0.465. The lowest BCUT2D eigenvalue weighted by molar-refractivity contribution is -0.132. The van der Waals surface area contributed by atoms with Crippen LogP contribution in [-0.4, -0.2) is 53.1 Å². The number of hydrogen-bond acceptors (Lipinski definition) is 3. The Balaban J connectivity index is 1.90. The third kappa shape index (κ3) is 3.19. The summed E-state index contributed by atoms with van der Waals surface area (Å²) < 4.78 is 5.36. The van der Waals surface area contributed by atoms with Crippen molar-refractivity contribution in [3.63, 3.8) is 0 Å². The van der Waals surface area contributed by atoms with E-state index in [-0.39, 0.29) is 24.0 Å². The molecule has 2 aliphatic heterocycles. The van der Waals surface area contributed by atoms with Crippen LogP contribution in [0, 0.1) is 5.92 Å². The van der Waals surface area contributed by atoms with Gasteiger partial charge in [0.25, 0.3) is 0 Å².